The van der Waals surface area contributed by atoms with Crippen molar-refractivity contribution in [3.63, 3.8) is 0 Å². The van der Waals surface area contributed by atoms with Gasteiger partial charge in [-0.3, -0.25) is 4.79 Å². The standard InChI is InChI=1S/C17H13ClN2O2S/c18-14-8-6-13(7-9-14)15(21)11-23-17-19-16(22-20-17)10-12-4-2-1-3-5-12/h1-9H,10-11H2. The van der Waals surface area contributed by atoms with Gasteiger partial charge in [-0.2, -0.15) is 4.98 Å². The molecule has 0 fully saturated rings. The van der Waals surface area contributed by atoms with Crippen molar-refractivity contribution in [3.05, 3.63) is 76.6 Å². The van der Waals surface area contributed by atoms with E-state index in [-0.39, 0.29) is 11.5 Å². The fourth-order valence-electron chi connectivity index (χ4n) is 1.99. The van der Waals surface area contributed by atoms with Crippen LogP contribution in [-0.4, -0.2) is 21.7 Å². The van der Waals surface area contributed by atoms with Crippen LogP contribution in [0.2, 0.25) is 5.02 Å². The third-order valence-electron chi connectivity index (χ3n) is 3.15. The average Bonchev–Trinajstić information content (AvgIpc) is 3.02. The fourth-order valence-corrected chi connectivity index (χ4v) is 2.80. The highest BCUT2D eigenvalue weighted by molar-refractivity contribution is 7.99. The molecule has 1 aromatic heterocycles. The molecule has 0 unspecified atom stereocenters. The van der Waals surface area contributed by atoms with E-state index < -0.39 is 0 Å². The van der Waals surface area contributed by atoms with Gasteiger partial charge in [0.05, 0.1) is 12.2 Å². The lowest BCUT2D eigenvalue weighted by Crippen LogP contribution is -2.02. The number of rotatable bonds is 6. The third kappa shape index (κ3) is 4.43. The molecule has 116 valence electrons. The number of benzene rings is 2. The predicted octanol–water partition coefficient (Wildman–Crippen LogP) is 4.29. The number of aromatic nitrogens is 2. The largest absolute Gasteiger partial charge is 0.338 e. The van der Waals surface area contributed by atoms with Gasteiger partial charge in [0, 0.05) is 10.6 Å². The van der Waals surface area contributed by atoms with E-state index in [2.05, 4.69) is 10.1 Å². The molecule has 0 aliphatic carbocycles. The van der Waals surface area contributed by atoms with Crippen molar-refractivity contribution in [2.24, 2.45) is 0 Å². The van der Waals surface area contributed by atoms with Crippen molar-refractivity contribution in [1.82, 2.24) is 10.1 Å². The second kappa shape index (κ2) is 7.44. The summed E-state index contributed by atoms with van der Waals surface area (Å²) in [6, 6.07) is 16.7. The van der Waals surface area contributed by atoms with Crippen LogP contribution in [0.15, 0.2) is 64.3 Å². The van der Waals surface area contributed by atoms with Gasteiger partial charge in [0.25, 0.3) is 0 Å². The molecule has 0 aliphatic rings. The van der Waals surface area contributed by atoms with Crippen LogP contribution in [0.25, 0.3) is 0 Å². The quantitative estimate of drug-likeness (QED) is 0.493. The molecule has 3 aromatic rings. The Morgan fingerprint density at radius 3 is 2.57 bits per heavy atom. The molecule has 0 spiro atoms. The molecule has 4 nitrogen and oxygen atoms in total. The van der Waals surface area contributed by atoms with E-state index in [1.54, 1.807) is 24.3 Å². The molecule has 3 rings (SSSR count). The molecule has 0 N–H and O–H groups in total. The number of Topliss-reactive ketones (excluding diaryl/α,β-unsaturated/α-hetero) is 1. The molecule has 0 atom stereocenters. The van der Waals surface area contributed by atoms with Crippen molar-refractivity contribution in [2.75, 3.05) is 5.75 Å². The van der Waals surface area contributed by atoms with Crippen molar-refractivity contribution in [1.29, 1.82) is 0 Å². The van der Waals surface area contributed by atoms with Gasteiger partial charge in [0.2, 0.25) is 11.0 Å². The summed E-state index contributed by atoms with van der Waals surface area (Å²) in [5, 5.41) is 4.98. The van der Waals surface area contributed by atoms with E-state index in [0.717, 1.165) is 5.56 Å². The summed E-state index contributed by atoms with van der Waals surface area (Å²) in [4.78, 5) is 16.4. The molecule has 6 heteroatoms. The molecule has 0 saturated heterocycles. The Hall–Kier alpha value is -2.11. The monoisotopic (exact) mass is 344 g/mol. The molecule has 0 amide bonds. The predicted molar refractivity (Wildman–Crippen MR) is 90.1 cm³/mol. The highest BCUT2D eigenvalue weighted by Crippen LogP contribution is 2.18. The van der Waals surface area contributed by atoms with Crippen molar-refractivity contribution < 1.29 is 9.32 Å². The van der Waals surface area contributed by atoms with Crippen molar-refractivity contribution >= 4 is 29.1 Å². The lowest BCUT2D eigenvalue weighted by molar-refractivity contribution is 0.102. The second-order valence-electron chi connectivity index (χ2n) is 4.85. The zero-order valence-corrected chi connectivity index (χ0v) is 13.7. The third-order valence-corrected chi connectivity index (χ3v) is 4.23. The molecule has 0 radical (unpaired) electrons. The van der Waals surface area contributed by atoms with Crippen LogP contribution < -0.4 is 0 Å². The van der Waals surface area contributed by atoms with E-state index in [9.17, 15) is 4.79 Å². The number of hydrogen-bond acceptors (Lipinski definition) is 5. The van der Waals surface area contributed by atoms with Crippen molar-refractivity contribution in [3.8, 4) is 0 Å². The summed E-state index contributed by atoms with van der Waals surface area (Å²) in [6.45, 7) is 0. The molecule has 1 heterocycles. The van der Waals surface area contributed by atoms with Gasteiger partial charge in [0.15, 0.2) is 5.78 Å². The Morgan fingerprint density at radius 1 is 1.09 bits per heavy atom. The summed E-state index contributed by atoms with van der Waals surface area (Å²) in [5.74, 6) is 0.796. The summed E-state index contributed by atoms with van der Waals surface area (Å²) in [7, 11) is 0. The van der Waals surface area contributed by atoms with Crippen LogP contribution in [0.5, 0.6) is 0 Å². The first kappa shape index (κ1) is 15.8. The van der Waals surface area contributed by atoms with E-state index in [1.807, 2.05) is 30.3 Å². The summed E-state index contributed by atoms with van der Waals surface area (Å²) in [5.41, 5.74) is 1.72. The molecule has 0 aliphatic heterocycles. The second-order valence-corrected chi connectivity index (χ2v) is 6.23. The van der Waals surface area contributed by atoms with Gasteiger partial charge < -0.3 is 4.52 Å². The minimum absolute atomic E-state index is 0.000996. The maximum absolute atomic E-state index is 12.1. The molecule has 0 saturated carbocycles. The molecule has 2 aromatic carbocycles. The maximum Gasteiger partial charge on any atom is 0.231 e. The van der Waals surface area contributed by atoms with E-state index in [4.69, 9.17) is 16.1 Å². The number of thioether (sulfide) groups is 1. The van der Waals surface area contributed by atoms with Gasteiger partial charge in [-0.25, -0.2) is 0 Å². The van der Waals surface area contributed by atoms with Crippen molar-refractivity contribution in [2.45, 2.75) is 11.6 Å². The zero-order valence-electron chi connectivity index (χ0n) is 12.1. The number of hydrogen-bond donors (Lipinski definition) is 0. The summed E-state index contributed by atoms with van der Waals surface area (Å²) < 4.78 is 5.21. The maximum atomic E-state index is 12.1. The van der Waals surface area contributed by atoms with Gasteiger partial charge in [-0.1, -0.05) is 58.9 Å². The lowest BCUT2D eigenvalue weighted by Gasteiger charge is -1.98. The Kier molecular flexibility index (Phi) is 5.10. The SMILES string of the molecule is O=C(CSc1noc(Cc2ccccc2)n1)c1ccc(Cl)cc1. The highest BCUT2D eigenvalue weighted by atomic mass is 35.5. The van der Waals surface area contributed by atoms with E-state index >= 15 is 0 Å². The fraction of sp³-hybridized carbons (Fsp3) is 0.118. The number of carbonyl (C=O) groups excluding carboxylic acids is 1. The van der Waals surface area contributed by atoms with Crippen LogP contribution in [-0.2, 0) is 6.42 Å². The highest BCUT2D eigenvalue weighted by Gasteiger charge is 2.11. The summed E-state index contributed by atoms with van der Waals surface area (Å²) in [6.07, 6.45) is 0.583. The van der Waals surface area contributed by atoms with Gasteiger partial charge in [-0.15, -0.1) is 0 Å². The smallest absolute Gasteiger partial charge is 0.231 e. The number of carbonyl (C=O) groups is 1. The first-order valence-corrected chi connectivity index (χ1v) is 8.35. The summed E-state index contributed by atoms with van der Waals surface area (Å²) >= 11 is 7.07. The van der Waals surface area contributed by atoms with Gasteiger partial charge >= 0.3 is 0 Å². The van der Waals surface area contributed by atoms with Gasteiger partial charge in [-0.05, 0) is 29.8 Å². The molecular formula is C17H13ClN2O2S. The normalized spacial score (nSPS) is 10.7. The van der Waals surface area contributed by atoms with E-state index in [1.165, 1.54) is 11.8 Å². The Balaban J connectivity index is 1.57. The molecule has 23 heavy (non-hydrogen) atoms. The number of halogens is 1. The van der Waals surface area contributed by atoms with Gasteiger partial charge in [0.1, 0.15) is 0 Å². The van der Waals surface area contributed by atoms with E-state index in [0.29, 0.717) is 28.1 Å². The van der Waals surface area contributed by atoms with Crippen LogP contribution in [0, 0.1) is 0 Å². The van der Waals surface area contributed by atoms with Crippen LogP contribution in [0.1, 0.15) is 21.8 Å². The van der Waals surface area contributed by atoms with Crippen LogP contribution in [0.4, 0.5) is 0 Å². The molecule has 0 bridgehead atoms. The number of nitrogens with zero attached hydrogens (tertiary/aromatic N) is 2. The lowest BCUT2D eigenvalue weighted by atomic mass is 10.1. The zero-order chi connectivity index (χ0) is 16.1. The Morgan fingerprint density at radius 2 is 1.83 bits per heavy atom. The number of ketones is 1. The Labute approximate surface area is 142 Å². The Bertz CT molecular complexity index is 788. The minimum Gasteiger partial charge on any atom is -0.338 e. The topological polar surface area (TPSA) is 56.0 Å². The molecular weight excluding hydrogens is 332 g/mol. The first-order chi connectivity index (χ1) is 11.2. The minimum atomic E-state index is 0.000996. The first-order valence-electron chi connectivity index (χ1n) is 6.99. The van der Waals surface area contributed by atoms with Crippen LogP contribution >= 0.6 is 23.4 Å². The van der Waals surface area contributed by atoms with Crippen LogP contribution in [0.3, 0.4) is 0 Å². The average molecular weight is 345 g/mol.